The Morgan fingerprint density at radius 1 is 1.13 bits per heavy atom. The van der Waals surface area contributed by atoms with Crippen LogP contribution in [0.4, 0.5) is 0 Å². The van der Waals surface area contributed by atoms with Crippen LogP contribution in [-0.4, -0.2) is 10.5 Å². The second-order valence-electron chi connectivity index (χ2n) is 6.10. The molecule has 0 unspecified atom stereocenters. The lowest BCUT2D eigenvalue weighted by Crippen LogP contribution is -2.32. The SMILES string of the molecule is CCCCCCCc1n(Cc2ccc(C(=O)[O-])cc2)cc[n+]1C. The number of imidazole rings is 1. The average Bonchev–Trinajstić information content (AvgIpc) is 2.88. The average molecular weight is 314 g/mol. The number of nitrogens with zero attached hydrogens (tertiary/aromatic N) is 2. The quantitative estimate of drug-likeness (QED) is 0.526. The van der Waals surface area contributed by atoms with Crippen molar-refractivity contribution in [2.45, 2.75) is 52.0 Å². The summed E-state index contributed by atoms with van der Waals surface area (Å²) in [6, 6.07) is 6.93. The van der Waals surface area contributed by atoms with Crippen molar-refractivity contribution in [1.29, 1.82) is 0 Å². The number of carboxylic acid groups (broad SMARTS) is 1. The second-order valence-corrected chi connectivity index (χ2v) is 6.10. The minimum atomic E-state index is -1.13. The third-order valence-corrected chi connectivity index (χ3v) is 4.26. The fraction of sp³-hybridized carbons (Fsp3) is 0.474. The molecule has 0 saturated carbocycles. The highest BCUT2D eigenvalue weighted by atomic mass is 16.4. The van der Waals surface area contributed by atoms with Gasteiger partial charge in [-0.3, -0.25) is 0 Å². The summed E-state index contributed by atoms with van der Waals surface area (Å²) in [5, 5.41) is 10.8. The Bertz CT molecular complexity index is 629. The van der Waals surface area contributed by atoms with E-state index < -0.39 is 5.97 Å². The van der Waals surface area contributed by atoms with Crippen molar-refractivity contribution in [3.05, 3.63) is 53.6 Å². The summed E-state index contributed by atoms with van der Waals surface area (Å²) in [6.07, 6.45) is 11.6. The maximum atomic E-state index is 10.8. The Labute approximate surface area is 138 Å². The van der Waals surface area contributed by atoms with Gasteiger partial charge in [0.05, 0.1) is 13.0 Å². The third-order valence-electron chi connectivity index (χ3n) is 4.26. The number of carbonyl (C=O) groups is 1. The van der Waals surface area contributed by atoms with Gasteiger partial charge in [0.1, 0.15) is 18.9 Å². The lowest BCUT2D eigenvalue weighted by molar-refractivity contribution is -0.678. The van der Waals surface area contributed by atoms with Crippen molar-refractivity contribution < 1.29 is 14.5 Å². The molecule has 0 spiro atoms. The topological polar surface area (TPSA) is 48.9 Å². The van der Waals surface area contributed by atoms with Crippen LogP contribution in [0, 0.1) is 0 Å². The first-order valence-electron chi connectivity index (χ1n) is 8.45. The zero-order chi connectivity index (χ0) is 16.7. The Hall–Kier alpha value is -2.10. The van der Waals surface area contributed by atoms with E-state index in [2.05, 4.69) is 35.5 Å². The molecule has 0 radical (unpaired) electrons. The molecule has 0 saturated heterocycles. The van der Waals surface area contributed by atoms with E-state index in [0.717, 1.165) is 18.5 Å². The summed E-state index contributed by atoms with van der Waals surface area (Å²) in [4.78, 5) is 10.8. The molecule has 0 aliphatic carbocycles. The Kier molecular flexibility index (Phi) is 6.39. The van der Waals surface area contributed by atoms with Crippen LogP contribution in [0.5, 0.6) is 0 Å². The van der Waals surface area contributed by atoms with Gasteiger partial charge >= 0.3 is 0 Å². The van der Waals surface area contributed by atoms with E-state index in [9.17, 15) is 9.90 Å². The number of carboxylic acids is 1. The van der Waals surface area contributed by atoms with Gasteiger partial charge in [0.15, 0.2) is 0 Å². The van der Waals surface area contributed by atoms with Gasteiger partial charge in [0.25, 0.3) is 5.82 Å². The standard InChI is InChI=1S/C19H26N2O2/c1-3-4-5-6-7-8-18-20(2)13-14-21(18)15-16-9-11-17(12-10-16)19(22)23/h9-14H,3-8,15H2,1-2H3. The van der Waals surface area contributed by atoms with Crippen LogP contribution in [0.3, 0.4) is 0 Å². The predicted molar refractivity (Wildman–Crippen MR) is 87.9 cm³/mol. The van der Waals surface area contributed by atoms with Crippen molar-refractivity contribution in [3.63, 3.8) is 0 Å². The molecule has 2 aromatic rings. The molecule has 0 aliphatic heterocycles. The van der Waals surface area contributed by atoms with Crippen molar-refractivity contribution in [1.82, 2.24) is 4.57 Å². The van der Waals surface area contributed by atoms with Crippen LogP contribution in [0.1, 0.15) is 60.8 Å². The second kappa shape index (κ2) is 8.51. The Morgan fingerprint density at radius 2 is 1.83 bits per heavy atom. The van der Waals surface area contributed by atoms with Gasteiger partial charge < -0.3 is 9.90 Å². The fourth-order valence-corrected chi connectivity index (χ4v) is 2.85. The third kappa shape index (κ3) is 4.95. The maximum absolute atomic E-state index is 10.8. The van der Waals surface area contributed by atoms with Gasteiger partial charge in [-0.25, -0.2) is 9.13 Å². The van der Waals surface area contributed by atoms with E-state index in [-0.39, 0.29) is 5.56 Å². The zero-order valence-corrected chi connectivity index (χ0v) is 14.1. The first kappa shape index (κ1) is 17.3. The van der Waals surface area contributed by atoms with Gasteiger partial charge in [-0.15, -0.1) is 0 Å². The van der Waals surface area contributed by atoms with Crippen molar-refractivity contribution >= 4 is 5.97 Å². The number of aromatic carboxylic acids is 1. The lowest BCUT2D eigenvalue weighted by Gasteiger charge is -2.06. The molecule has 0 N–H and O–H groups in total. The molecule has 1 aromatic heterocycles. The van der Waals surface area contributed by atoms with Gasteiger partial charge in [-0.05, 0) is 17.5 Å². The highest BCUT2D eigenvalue weighted by Gasteiger charge is 2.14. The number of aryl methyl sites for hydroxylation is 1. The van der Waals surface area contributed by atoms with Gasteiger partial charge in [-0.2, -0.15) is 0 Å². The monoisotopic (exact) mass is 314 g/mol. The number of hydrogen-bond donors (Lipinski definition) is 0. The molecule has 0 aliphatic rings. The number of carbonyl (C=O) groups excluding carboxylic acids is 1. The molecule has 0 amide bonds. The minimum Gasteiger partial charge on any atom is -0.545 e. The van der Waals surface area contributed by atoms with Crippen molar-refractivity contribution in [2.75, 3.05) is 0 Å². The van der Waals surface area contributed by atoms with E-state index >= 15 is 0 Å². The largest absolute Gasteiger partial charge is 0.545 e. The van der Waals surface area contributed by atoms with Gasteiger partial charge in [-0.1, -0.05) is 56.9 Å². The van der Waals surface area contributed by atoms with Crippen LogP contribution >= 0.6 is 0 Å². The highest BCUT2D eigenvalue weighted by Crippen LogP contribution is 2.10. The van der Waals surface area contributed by atoms with Crippen molar-refractivity contribution in [3.8, 4) is 0 Å². The molecule has 1 heterocycles. The summed E-state index contributed by atoms with van der Waals surface area (Å²) in [7, 11) is 2.08. The predicted octanol–water partition coefficient (Wildman–Crippen LogP) is 2.24. The van der Waals surface area contributed by atoms with Crippen LogP contribution < -0.4 is 9.67 Å². The first-order valence-corrected chi connectivity index (χ1v) is 8.45. The van der Waals surface area contributed by atoms with Crippen molar-refractivity contribution in [2.24, 2.45) is 7.05 Å². The molecule has 4 nitrogen and oxygen atoms in total. The molecular formula is C19H26N2O2. The number of unbranched alkanes of at least 4 members (excludes halogenated alkanes) is 4. The lowest BCUT2D eigenvalue weighted by atomic mass is 10.1. The first-order chi connectivity index (χ1) is 11.1. The molecule has 0 fully saturated rings. The summed E-state index contributed by atoms with van der Waals surface area (Å²) in [6.45, 7) is 3.00. The molecule has 2 rings (SSSR count). The van der Waals surface area contributed by atoms with Gasteiger partial charge in [0.2, 0.25) is 0 Å². The number of aromatic nitrogens is 2. The number of benzene rings is 1. The van der Waals surface area contributed by atoms with E-state index in [1.54, 1.807) is 12.1 Å². The molecule has 1 aromatic carbocycles. The molecule has 0 atom stereocenters. The van der Waals surface area contributed by atoms with E-state index in [0.29, 0.717) is 0 Å². The maximum Gasteiger partial charge on any atom is 0.256 e. The fourth-order valence-electron chi connectivity index (χ4n) is 2.85. The Balaban J connectivity index is 1.98. The minimum absolute atomic E-state index is 0.225. The molecule has 0 bridgehead atoms. The van der Waals surface area contributed by atoms with Gasteiger partial charge in [0, 0.05) is 6.42 Å². The number of rotatable bonds is 9. The van der Waals surface area contributed by atoms with E-state index in [4.69, 9.17) is 0 Å². The van der Waals surface area contributed by atoms with Crippen LogP contribution in [-0.2, 0) is 20.0 Å². The highest BCUT2D eigenvalue weighted by molar-refractivity contribution is 5.85. The smallest absolute Gasteiger partial charge is 0.256 e. The zero-order valence-electron chi connectivity index (χ0n) is 14.1. The van der Waals surface area contributed by atoms with Crippen LogP contribution in [0.2, 0.25) is 0 Å². The van der Waals surface area contributed by atoms with Crippen LogP contribution in [0.15, 0.2) is 36.7 Å². The molecule has 4 heteroatoms. The summed E-state index contributed by atoms with van der Waals surface area (Å²) < 4.78 is 4.42. The van der Waals surface area contributed by atoms with E-state index in [1.165, 1.54) is 37.9 Å². The summed E-state index contributed by atoms with van der Waals surface area (Å²) in [5.74, 6) is 0.183. The summed E-state index contributed by atoms with van der Waals surface area (Å²) >= 11 is 0. The Morgan fingerprint density at radius 3 is 2.48 bits per heavy atom. The van der Waals surface area contributed by atoms with Crippen LogP contribution in [0.25, 0.3) is 0 Å². The normalized spacial score (nSPS) is 10.9. The number of hydrogen-bond acceptors (Lipinski definition) is 2. The molecular weight excluding hydrogens is 288 g/mol. The van der Waals surface area contributed by atoms with E-state index in [1.807, 2.05) is 12.1 Å². The summed E-state index contributed by atoms with van der Waals surface area (Å²) in [5.41, 5.74) is 1.32. The molecule has 124 valence electrons. The molecule has 23 heavy (non-hydrogen) atoms.